The van der Waals surface area contributed by atoms with Crippen LogP contribution in [0.1, 0.15) is 181 Å². The van der Waals surface area contributed by atoms with E-state index in [1.807, 2.05) is 12.2 Å². The fourth-order valence-corrected chi connectivity index (χ4v) is 6.64. The molecule has 0 aromatic rings. The molecule has 0 amide bonds. The third-order valence-corrected chi connectivity index (χ3v) is 10.3. The molecule has 0 aliphatic rings. The predicted molar refractivity (Wildman–Crippen MR) is 242 cm³/mol. The summed E-state index contributed by atoms with van der Waals surface area (Å²) in [5.74, 6) is -0.998. The van der Waals surface area contributed by atoms with Crippen LogP contribution < -0.4 is 0 Å². The van der Waals surface area contributed by atoms with Gasteiger partial charge in [0.15, 0.2) is 6.10 Å². The highest BCUT2D eigenvalue weighted by Crippen LogP contribution is 2.43. The lowest BCUT2D eigenvalue weighted by Crippen LogP contribution is -2.29. The second-order valence-corrected chi connectivity index (χ2v) is 16.5. The highest BCUT2D eigenvalue weighted by Gasteiger charge is 2.27. The maximum absolute atomic E-state index is 12.6. The number of esters is 2. The highest BCUT2D eigenvalue weighted by molar-refractivity contribution is 7.47. The van der Waals surface area contributed by atoms with Gasteiger partial charge in [-0.3, -0.25) is 18.6 Å². The van der Waals surface area contributed by atoms with Gasteiger partial charge in [-0.15, -0.1) is 0 Å². The molecule has 3 N–H and O–H groups in total. The third-order valence-electron chi connectivity index (χ3n) is 9.34. The van der Waals surface area contributed by atoms with Crippen LogP contribution in [0.3, 0.4) is 0 Å². The summed E-state index contributed by atoms with van der Waals surface area (Å²) < 4.78 is 32.7. The number of carbonyl (C=O) groups excluding carboxylic acids is 2. The van der Waals surface area contributed by atoms with Crippen LogP contribution >= 0.6 is 7.82 Å². The first-order valence-electron chi connectivity index (χ1n) is 22.9. The molecule has 3 atom stereocenters. The Morgan fingerprint density at radius 2 is 0.949 bits per heavy atom. The van der Waals surface area contributed by atoms with Crippen molar-refractivity contribution in [1.29, 1.82) is 0 Å². The first-order valence-corrected chi connectivity index (χ1v) is 24.4. The fourth-order valence-electron chi connectivity index (χ4n) is 5.85. The van der Waals surface area contributed by atoms with E-state index in [4.69, 9.17) is 19.1 Å². The second kappa shape index (κ2) is 43.5. The Labute approximate surface area is 358 Å². The smallest absolute Gasteiger partial charge is 0.462 e. The maximum atomic E-state index is 12.6. The van der Waals surface area contributed by atoms with Gasteiger partial charge in [0.25, 0.3) is 0 Å². The van der Waals surface area contributed by atoms with Crippen molar-refractivity contribution in [3.05, 3.63) is 72.9 Å². The summed E-state index contributed by atoms with van der Waals surface area (Å²) in [5, 5.41) is 18.3. The maximum Gasteiger partial charge on any atom is 0.472 e. The molecule has 0 heterocycles. The lowest BCUT2D eigenvalue weighted by Gasteiger charge is -2.20. The van der Waals surface area contributed by atoms with Crippen LogP contribution in [-0.2, 0) is 32.7 Å². The van der Waals surface area contributed by atoms with E-state index in [2.05, 4.69) is 79.1 Å². The van der Waals surface area contributed by atoms with E-state index in [1.165, 1.54) is 83.5 Å². The minimum Gasteiger partial charge on any atom is -0.462 e. The van der Waals surface area contributed by atoms with Crippen molar-refractivity contribution in [2.45, 2.75) is 193 Å². The van der Waals surface area contributed by atoms with Gasteiger partial charge in [0.1, 0.15) is 12.7 Å². The van der Waals surface area contributed by atoms with Crippen LogP contribution in [0.2, 0.25) is 0 Å². The van der Waals surface area contributed by atoms with E-state index in [-0.39, 0.29) is 19.4 Å². The van der Waals surface area contributed by atoms with Crippen LogP contribution in [0.15, 0.2) is 72.9 Å². The Kier molecular flexibility index (Phi) is 41.6. The standard InChI is InChI=1S/C48H83O10P/c1-3-5-7-9-11-13-15-17-19-21-22-24-25-27-29-31-33-35-37-39-47(51)55-43-46(44-57-59(53,54)56-42-45(50)41-49)58-48(52)40-38-36-34-32-30-28-26-23-20-18-16-14-12-10-8-6-4-2/h6,8,12,14,17-20,26,28,32,34,45-46,49-50H,3-5,7,9-11,13,15-16,21-25,27,29-31,33,35-44H2,1-2H3,(H,53,54)/b8-6-,14-12-,19-17-,20-18-,28-26-,34-32-. The van der Waals surface area contributed by atoms with Crippen molar-refractivity contribution in [3.8, 4) is 0 Å². The normalized spacial score (nSPS) is 14.5. The van der Waals surface area contributed by atoms with Crippen molar-refractivity contribution in [2.24, 2.45) is 0 Å². The number of carbonyl (C=O) groups is 2. The van der Waals surface area contributed by atoms with Crippen LogP contribution in [0, 0.1) is 0 Å². The van der Waals surface area contributed by atoms with Crippen LogP contribution in [0.25, 0.3) is 0 Å². The first-order chi connectivity index (χ1) is 28.7. The fraction of sp³-hybridized carbons (Fsp3) is 0.708. The molecule has 340 valence electrons. The zero-order valence-electron chi connectivity index (χ0n) is 36.9. The number of phosphoric acid groups is 1. The average Bonchev–Trinajstić information content (AvgIpc) is 3.22. The van der Waals surface area contributed by atoms with Crippen molar-refractivity contribution < 1.29 is 47.8 Å². The van der Waals surface area contributed by atoms with Gasteiger partial charge in [0.05, 0.1) is 19.8 Å². The van der Waals surface area contributed by atoms with Crippen molar-refractivity contribution >= 4 is 19.8 Å². The number of ether oxygens (including phenoxy) is 2. The summed E-state index contributed by atoms with van der Waals surface area (Å²) in [6.45, 7) is 2.19. The molecule has 0 aliphatic carbocycles. The van der Waals surface area contributed by atoms with E-state index in [0.29, 0.717) is 19.3 Å². The van der Waals surface area contributed by atoms with Crippen molar-refractivity contribution in [1.82, 2.24) is 0 Å². The van der Waals surface area contributed by atoms with E-state index in [9.17, 15) is 24.2 Å². The molecule has 3 unspecified atom stereocenters. The summed E-state index contributed by atoms with van der Waals surface area (Å²) in [7, 11) is -4.64. The summed E-state index contributed by atoms with van der Waals surface area (Å²) in [4.78, 5) is 35.0. The summed E-state index contributed by atoms with van der Waals surface area (Å²) >= 11 is 0. The van der Waals surface area contributed by atoms with Gasteiger partial charge in [-0.1, -0.05) is 164 Å². The number of hydrogen-bond acceptors (Lipinski definition) is 9. The summed E-state index contributed by atoms with van der Waals surface area (Å²) in [6, 6.07) is 0. The molecular weight excluding hydrogens is 767 g/mol. The number of phosphoric ester groups is 1. The van der Waals surface area contributed by atoms with Crippen LogP contribution in [0.4, 0.5) is 0 Å². The molecule has 10 nitrogen and oxygen atoms in total. The topological polar surface area (TPSA) is 149 Å². The van der Waals surface area contributed by atoms with E-state index in [0.717, 1.165) is 51.4 Å². The molecule has 0 aliphatic heterocycles. The molecule has 0 radical (unpaired) electrons. The quantitative estimate of drug-likeness (QED) is 0.0234. The second-order valence-electron chi connectivity index (χ2n) is 15.0. The molecule has 0 aromatic carbocycles. The third kappa shape index (κ3) is 43.3. The Hall–Kier alpha value is -2.59. The number of unbranched alkanes of at least 4 members (excludes halogenated alkanes) is 16. The molecule has 0 aromatic heterocycles. The van der Waals surface area contributed by atoms with Gasteiger partial charge in [-0.2, -0.15) is 0 Å². The molecule has 59 heavy (non-hydrogen) atoms. The molecule has 11 heteroatoms. The summed E-state index contributed by atoms with van der Waals surface area (Å²) in [6.07, 6.45) is 50.2. The van der Waals surface area contributed by atoms with Gasteiger partial charge in [0, 0.05) is 12.8 Å². The van der Waals surface area contributed by atoms with E-state index >= 15 is 0 Å². The van der Waals surface area contributed by atoms with E-state index in [1.54, 1.807) is 0 Å². The SMILES string of the molecule is CC/C=C\C/C=C\C/C=C\C/C=C\C/C=C\CCCC(=O)OC(COC(=O)CCCCCCCCCCC/C=C\CCCCCCCC)COP(=O)(O)OCC(O)CO. The van der Waals surface area contributed by atoms with Crippen LogP contribution in [0.5, 0.6) is 0 Å². The Balaban J connectivity index is 4.35. The number of aliphatic hydroxyl groups excluding tert-OH is 2. The lowest BCUT2D eigenvalue weighted by atomic mass is 10.1. The van der Waals surface area contributed by atoms with Gasteiger partial charge in [-0.05, 0) is 77.0 Å². The molecule has 0 spiro atoms. The molecule has 0 saturated carbocycles. The zero-order valence-corrected chi connectivity index (χ0v) is 37.8. The molecule has 0 bridgehead atoms. The Morgan fingerprint density at radius 3 is 1.47 bits per heavy atom. The van der Waals surface area contributed by atoms with Gasteiger partial charge >= 0.3 is 19.8 Å². The molecule has 0 fully saturated rings. The zero-order chi connectivity index (χ0) is 43.3. The minimum absolute atomic E-state index is 0.103. The number of rotatable bonds is 42. The number of allylic oxidation sites excluding steroid dienone is 12. The van der Waals surface area contributed by atoms with Gasteiger partial charge in [0.2, 0.25) is 0 Å². The average molecular weight is 851 g/mol. The van der Waals surface area contributed by atoms with Gasteiger partial charge in [-0.25, -0.2) is 4.57 Å². The summed E-state index contributed by atoms with van der Waals surface area (Å²) in [5.41, 5.74) is 0. The van der Waals surface area contributed by atoms with Crippen molar-refractivity contribution in [2.75, 3.05) is 26.4 Å². The monoisotopic (exact) mass is 851 g/mol. The number of aliphatic hydroxyl groups is 2. The Morgan fingerprint density at radius 1 is 0.525 bits per heavy atom. The van der Waals surface area contributed by atoms with Crippen LogP contribution in [-0.4, -0.2) is 65.7 Å². The van der Waals surface area contributed by atoms with Crippen molar-refractivity contribution in [3.63, 3.8) is 0 Å². The molecular formula is C48H83O10P. The first kappa shape index (κ1) is 56.4. The number of hydrogen-bond donors (Lipinski definition) is 3. The minimum atomic E-state index is -4.64. The molecule has 0 rings (SSSR count). The van der Waals surface area contributed by atoms with E-state index < -0.39 is 51.8 Å². The Bertz CT molecular complexity index is 1210. The largest absolute Gasteiger partial charge is 0.472 e. The highest BCUT2D eigenvalue weighted by atomic mass is 31.2. The molecule has 0 saturated heterocycles. The van der Waals surface area contributed by atoms with Gasteiger partial charge < -0.3 is 24.6 Å². The lowest BCUT2D eigenvalue weighted by molar-refractivity contribution is -0.161. The predicted octanol–water partition coefficient (Wildman–Crippen LogP) is 12.4.